The summed E-state index contributed by atoms with van der Waals surface area (Å²) in [6.07, 6.45) is 3.40. The van der Waals surface area contributed by atoms with Gasteiger partial charge in [0.1, 0.15) is 5.75 Å². The van der Waals surface area contributed by atoms with Crippen molar-refractivity contribution < 1.29 is 4.74 Å². The third-order valence-electron chi connectivity index (χ3n) is 7.15. The molecule has 3 aromatic rings. The van der Waals surface area contributed by atoms with E-state index in [2.05, 4.69) is 109 Å². The molecule has 0 atom stereocenters. The van der Waals surface area contributed by atoms with Crippen molar-refractivity contribution in [1.82, 2.24) is 4.90 Å². The second kappa shape index (κ2) is 12.1. The molecule has 0 saturated carbocycles. The standard InChI is InChI=1S/C32H40N2O/c1-5-6-12-31(26-10-8-7-9-11-26)32(28-15-19-30(35-4)20-16-28)27-13-17-29(18-14-27)34-23-21-33(22-24-34)25(2)3/h7-11,13-20,25H,5-6,12,21-24H2,1-4H3/b32-31+. The lowest BCUT2D eigenvalue weighted by molar-refractivity contribution is 0.209. The molecule has 0 aliphatic carbocycles. The molecule has 0 amide bonds. The van der Waals surface area contributed by atoms with Gasteiger partial charge in [-0.05, 0) is 78.8 Å². The van der Waals surface area contributed by atoms with Crippen LogP contribution in [-0.2, 0) is 0 Å². The zero-order chi connectivity index (χ0) is 24.6. The van der Waals surface area contributed by atoms with E-state index in [4.69, 9.17) is 4.74 Å². The Balaban J connectivity index is 1.73. The largest absolute Gasteiger partial charge is 0.497 e. The molecule has 0 spiro atoms. The average Bonchev–Trinajstić information content (AvgIpc) is 2.92. The molecule has 0 aromatic heterocycles. The predicted molar refractivity (Wildman–Crippen MR) is 150 cm³/mol. The summed E-state index contributed by atoms with van der Waals surface area (Å²) in [6, 6.07) is 29.3. The monoisotopic (exact) mass is 468 g/mol. The molecule has 1 saturated heterocycles. The summed E-state index contributed by atoms with van der Waals surface area (Å²) >= 11 is 0. The van der Waals surface area contributed by atoms with E-state index in [0.29, 0.717) is 6.04 Å². The van der Waals surface area contributed by atoms with Gasteiger partial charge in [0.2, 0.25) is 0 Å². The van der Waals surface area contributed by atoms with Crippen LogP contribution in [0.3, 0.4) is 0 Å². The fourth-order valence-corrected chi connectivity index (χ4v) is 5.01. The predicted octanol–water partition coefficient (Wildman–Crippen LogP) is 7.37. The Hall–Kier alpha value is -3.04. The maximum absolute atomic E-state index is 5.44. The summed E-state index contributed by atoms with van der Waals surface area (Å²) in [5.74, 6) is 0.888. The van der Waals surface area contributed by atoms with Gasteiger partial charge in [0.25, 0.3) is 0 Å². The number of anilines is 1. The highest BCUT2D eigenvalue weighted by Gasteiger charge is 2.20. The van der Waals surface area contributed by atoms with Crippen LogP contribution in [0, 0.1) is 0 Å². The minimum Gasteiger partial charge on any atom is -0.497 e. The normalized spacial score (nSPS) is 15.3. The van der Waals surface area contributed by atoms with Gasteiger partial charge in [-0.2, -0.15) is 0 Å². The van der Waals surface area contributed by atoms with Gasteiger partial charge in [-0.15, -0.1) is 0 Å². The molecule has 0 N–H and O–H groups in total. The van der Waals surface area contributed by atoms with Crippen molar-refractivity contribution in [3.05, 3.63) is 95.6 Å². The van der Waals surface area contributed by atoms with Crippen molar-refractivity contribution in [2.75, 3.05) is 38.2 Å². The first kappa shape index (κ1) is 25.1. The summed E-state index contributed by atoms with van der Waals surface area (Å²) in [4.78, 5) is 5.09. The fourth-order valence-electron chi connectivity index (χ4n) is 5.01. The van der Waals surface area contributed by atoms with E-state index in [1.165, 1.54) is 46.4 Å². The van der Waals surface area contributed by atoms with Crippen molar-refractivity contribution in [2.24, 2.45) is 0 Å². The van der Waals surface area contributed by atoms with Gasteiger partial charge in [0, 0.05) is 37.9 Å². The van der Waals surface area contributed by atoms with E-state index in [0.717, 1.165) is 38.3 Å². The number of ether oxygens (including phenoxy) is 1. The Morgan fingerprint density at radius 2 is 1.37 bits per heavy atom. The number of benzene rings is 3. The van der Waals surface area contributed by atoms with Crippen molar-refractivity contribution in [1.29, 1.82) is 0 Å². The fraction of sp³-hybridized carbons (Fsp3) is 0.375. The lowest BCUT2D eigenvalue weighted by Crippen LogP contribution is -2.48. The van der Waals surface area contributed by atoms with E-state index < -0.39 is 0 Å². The minimum absolute atomic E-state index is 0.622. The second-order valence-corrected chi connectivity index (χ2v) is 9.72. The molecule has 0 unspecified atom stereocenters. The van der Waals surface area contributed by atoms with Crippen molar-refractivity contribution in [3.63, 3.8) is 0 Å². The molecule has 0 bridgehead atoms. The molecular weight excluding hydrogens is 428 g/mol. The number of methoxy groups -OCH3 is 1. The zero-order valence-corrected chi connectivity index (χ0v) is 21.8. The molecule has 184 valence electrons. The van der Waals surface area contributed by atoms with Gasteiger partial charge in [-0.1, -0.05) is 67.9 Å². The number of rotatable bonds is 9. The van der Waals surface area contributed by atoms with E-state index in [1.54, 1.807) is 7.11 Å². The van der Waals surface area contributed by atoms with Crippen LogP contribution < -0.4 is 9.64 Å². The van der Waals surface area contributed by atoms with Crippen LogP contribution in [0.5, 0.6) is 5.75 Å². The third-order valence-corrected chi connectivity index (χ3v) is 7.15. The number of hydrogen-bond acceptors (Lipinski definition) is 3. The van der Waals surface area contributed by atoms with Gasteiger partial charge in [0.15, 0.2) is 0 Å². The summed E-state index contributed by atoms with van der Waals surface area (Å²) in [5, 5.41) is 0. The molecule has 1 aliphatic heterocycles. The first-order valence-electron chi connectivity index (χ1n) is 13.1. The van der Waals surface area contributed by atoms with Crippen LogP contribution in [0.4, 0.5) is 5.69 Å². The molecule has 1 fully saturated rings. The van der Waals surface area contributed by atoms with Crippen LogP contribution in [0.15, 0.2) is 78.9 Å². The van der Waals surface area contributed by atoms with E-state index >= 15 is 0 Å². The molecule has 4 rings (SSSR count). The highest BCUT2D eigenvalue weighted by Crippen LogP contribution is 2.36. The van der Waals surface area contributed by atoms with E-state index in [-0.39, 0.29) is 0 Å². The topological polar surface area (TPSA) is 15.7 Å². The lowest BCUT2D eigenvalue weighted by Gasteiger charge is -2.38. The molecule has 3 heteroatoms. The number of nitrogens with zero attached hydrogens (tertiary/aromatic N) is 2. The van der Waals surface area contributed by atoms with Crippen LogP contribution >= 0.6 is 0 Å². The highest BCUT2D eigenvalue weighted by atomic mass is 16.5. The highest BCUT2D eigenvalue weighted by molar-refractivity contribution is 5.98. The van der Waals surface area contributed by atoms with Crippen LogP contribution in [0.2, 0.25) is 0 Å². The molecule has 3 nitrogen and oxygen atoms in total. The maximum atomic E-state index is 5.44. The first-order valence-corrected chi connectivity index (χ1v) is 13.1. The van der Waals surface area contributed by atoms with Gasteiger partial charge < -0.3 is 9.64 Å². The SMILES string of the molecule is CCCC/C(=C(\c1ccc(OC)cc1)c1ccc(N2CCN(C(C)C)CC2)cc1)c1ccccc1. The number of piperazine rings is 1. The Labute approximate surface area is 212 Å². The Kier molecular flexibility index (Phi) is 8.65. The molecule has 3 aromatic carbocycles. The van der Waals surface area contributed by atoms with Gasteiger partial charge in [-0.25, -0.2) is 0 Å². The van der Waals surface area contributed by atoms with E-state index in [1.807, 2.05) is 0 Å². The van der Waals surface area contributed by atoms with Crippen LogP contribution in [0.1, 0.15) is 56.7 Å². The van der Waals surface area contributed by atoms with E-state index in [9.17, 15) is 0 Å². The van der Waals surface area contributed by atoms with Crippen molar-refractivity contribution in [3.8, 4) is 5.75 Å². The van der Waals surface area contributed by atoms with Crippen molar-refractivity contribution in [2.45, 2.75) is 46.1 Å². The first-order chi connectivity index (χ1) is 17.1. The third kappa shape index (κ3) is 6.15. The zero-order valence-electron chi connectivity index (χ0n) is 21.8. The van der Waals surface area contributed by atoms with Crippen molar-refractivity contribution >= 4 is 16.8 Å². The Morgan fingerprint density at radius 1 is 0.771 bits per heavy atom. The lowest BCUT2D eigenvalue weighted by atomic mass is 9.87. The van der Waals surface area contributed by atoms with Gasteiger partial charge >= 0.3 is 0 Å². The van der Waals surface area contributed by atoms with Gasteiger partial charge in [-0.3, -0.25) is 4.90 Å². The molecule has 0 radical (unpaired) electrons. The number of allylic oxidation sites excluding steroid dienone is 1. The summed E-state index contributed by atoms with van der Waals surface area (Å²) < 4.78 is 5.44. The molecule has 35 heavy (non-hydrogen) atoms. The summed E-state index contributed by atoms with van der Waals surface area (Å²) in [7, 11) is 1.72. The summed E-state index contributed by atoms with van der Waals surface area (Å²) in [6.45, 7) is 11.3. The quantitative estimate of drug-likeness (QED) is 0.305. The average molecular weight is 469 g/mol. The van der Waals surface area contributed by atoms with Gasteiger partial charge in [0.05, 0.1) is 7.11 Å². The minimum atomic E-state index is 0.622. The molecule has 1 heterocycles. The second-order valence-electron chi connectivity index (χ2n) is 9.72. The summed E-state index contributed by atoms with van der Waals surface area (Å²) in [5.41, 5.74) is 7.87. The number of hydrogen-bond donors (Lipinski definition) is 0. The smallest absolute Gasteiger partial charge is 0.118 e. The molecular formula is C32H40N2O. The maximum Gasteiger partial charge on any atom is 0.118 e. The number of unbranched alkanes of at least 4 members (excludes halogenated alkanes) is 1. The van der Waals surface area contributed by atoms with Crippen LogP contribution in [0.25, 0.3) is 11.1 Å². The molecule has 1 aliphatic rings. The van der Waals surface area contributed by atoms with Crippen LogP contribution in [-0.4, -0.2) is 44.2 Å². The Bertz CT molecular complexity index is 1080. The Morgan fingerprint density at radius 3 is 1.91 bits per heavy atom.